The minimum Gasteiger partial charge on any atom is -0.354 e. The minimum absolute atomic E-state index is 0.0511. The molecule has 1 heterocycles. The second kappa shape index (κ2) is 8.37. The lowest BCUT2D eigenvalue weighted by Crippen LogP contribution is -2.36. The molecule has 2 aromatic rings. The van der Waals surface area contributed by atoms with Gasteiger partial charge >= 0.3 is 6.03 Å². The number of amides is 3. The van der Waals surface area contributed by atoms with Crippen LogP contribution in [0.4, 0.5) is 16.2 Å². The van der Waals surface area contributed by atoms with Gasteiger partial charge in [-0.1, -0.05) is 6.07 Å². The van der Waals surface area contributed by atoms with E-state index in [1.54, 1.807) is 6.07 Å². The van der Waals surface area contributed by atoms with Gasteiger partial charge in [-0.15, -0.1) is 0 Å². The van der Waals surface area contributed by atoms with Gasteiger partial charge in [0.15, 0.2) is 0 Å². The number of aryl methyl sites for hydroxylation is 3. The van der Waals surface area contributed by atoms with Gasteiger partial charge in [-0.25, -0.2) is 4.79 Å². The Morgan fingerprint density at radius 3 is 2.60 bits per heavy atom. The van der Waals surface area contributed by atoms with Gasteiger partial charge in [0.25, 0.3) is 0 Å². The number of anilines is 2. The maximum Gasteiger partial charge on any atom is 0.319 e. The molecule has 134 valence electrons. The van der Waals surface area contributed by atoms with Gasteiger partial charge < -0.3 is 20.5 Å². The normalized spacial score (nSPS) is 11.7. The first kappa shape index (κ1) is 18.6. The molecular weight excluding hydrogens is 316 g/mol. The molecule has 0 aliphatic heterocycles. The van der Waals surface area contributed by atoms with Crippen molar-refractivity contribution in [2.45, 2.75) is 39.7 Å². The predicted molar refractivity (Wildman–Crippen MR) is 101 cm³/mol. The second-order valence-corrected chi connectivity index (χ2v) is 6.36. The van der Waals surface area contributed by atoms with Gasteiger partial charge in [-0.05, 0) is 56.5 Å². The molecule has 0 saturated heterocycles. The van der Waals surface area contributed by atoms with Gasteiger partial charge in [0.05, 0.1) is 0 Å². The van der Waals surface area contributed by atoms with E-state index >= 15 is 0 Å². The van der Waals surface area contributed by atoms with Crippen LogP contribution in [-0.4, -0.2) is 22.5 Å². The van der Waals surface area contributed by atoms with Crippen LogP contribution in [0.25, 0.3) is 0 Å². The lowest BCUT2D eigenvalue weighted by Gasteiger charge is -2.16. The summed E-state index contributed by atoms with van der Waals surface area (Å²) in [5.41, 5.74) is 3.52. The first-order chi connectivity index (χ1) is 11.8. The van der Waals surface area contributed by atoms with Crippen LogP contribution < -0.4 is 16.0 Å². The van der Waals surface area contributed by atoms with Crippen LogP contribution >= 0.6 is 0 Å². The topological polar surface area (TPSA) is 75.2 Å². The Morgan fingerprint density at radius 2 is 1.96 bits per heavy atom. The van der Waals surface area contributed by atoms with E-state index in [0.717, 1.165) is 18.4 Å². The molecule has 0 saturated carbocycles. The number of benzene rings is 1. The van der Waals surface area contributed by atoms with Gasteiger partial charge in [0.1, 0.15) is 0 Å². The van der Waals surface area contributed by atoms with Crippen LogP contribution in [0, 0.1) is 6.92 Å². The summed E-state index contributed by atoms with van der Waals surface area (Å²) in [6.07, 6.45) is 3.78. The lowest BCUT2D eigenvalue weighted by molar-refractivity contribution is -0.114. The molecule has 0 fully saturated rings. The minimum atomic E-state index is -0.253. The molecule has 6 nitrogen and oxygen atoms in total. The van der Waals surface area contributed by atoms with E-state index in [-0.39, 0.29) is 18.0 Å². The average Bonchev–Trinajstić information content (AvgIpc) is 2.93. The summed E-state index contributed by atoms with van der Waals surface area (Å²) in [6, 6.07) is 9.33. The van der Waals surface area contributed by atoms with Gasteiger partial charge in [0, 0.05) is 43.3 Å². The van der Waals surface area contributed by atoms with E-state index in [1.165, 1.54) is 12.6 Å². The zero-order chi connectivity index (χ0) is 18.4. The average molecular weight is 342 g/mol. The summed E-state index contributed by atoms with van der Waals surface area (Å²) >= 11 is 0. The van der Waals surface area contributed by atoms with E-state index in [1.807, 2.05) is 45.3 Å². The predicted octanol–water partition coefficient (Wildman–Crippen LogP) is 3.43. The molecule has 1 aromatic carbocycles. The van der Waals surface area contributed by atoms with Crippen molar-refractivity contribution >= 4 is 23.3 Å². The number of rotatable bonds is 6. The molecule has 25 heavy (non-hydrogen) atoms. The number of carbonyl (C=O) groups excluding carboxylic acids is 2. The molecule has 0 aliphatic rings. The number of nitrogens with zero attached hydrogens (tertiary/aromatic N) is 1. The summed E-state index contributed by atoms with van der Waals surface area (Å²) in [5, 5.41) is 8.51. The summed E-state index contributed by atoms with van der Waals surface area (Å²) < 4.78 is 2.09. The third kappa shape index (κ3) is 5.67. The Balaban J connectivity index is 1.87. The Bertz CT molecular complexity index is 752. The van der Waals surface area contributed by atoms with Crippen molar-refractivity contribution in [3.63, 3.8) is 0 Å². The van der Waals surface area contributed by atoms with Crippen molar-refractivity contribution in [1.82, 2.24) is 9.88 Å². The van der Waals surface area contributed by atoms with Gasteiger partial charge in [-0.2, -0.15) is 0 Å². The molecule has 2 rings (SSSR count). The Labute approximate surface area is 148 Å². The summed E-state index contributed by atoms with van der Waals surface area (Å²) in [5.74, 6) is -0.140. The maximum atomic E-state index is 12.2. The van der Waals surface area contributed by atoms with Crippen LogP contribution in [0.2, 0.25) is 0 Å². The Hall–Kier alpha value is -2.76. The van der Waals surface area contributed by atoms with Crippen molar-refractivity contribution in [3.8, 4) is 0 Å². The highest BCUT2D eigenvalue weighted by Crippen LogP contribution is 2.20. The second-order valence-electron chi connectivity index (χ2n) is 6.36. The first-order valence-corrected chi connectivity index (χ1v) is 8.41. The number of hydrogen-bond acceptors (Lipinski definition) is 2. The van der Waals surface area contributed by atoms with Crippen LogP contribution in [0.3, 0.4) is 0 Å². The van der Waals surface area contributed by atoms with Crippen LogP contribution in [0.5, 0.6) is 0 Å². The Kier molecular flexibility index (Phi) is 6.22. The van der Waals surface area contributed by atoms with Crippen molar-refractivity contribution < 1.29 is 9.59 Å². The maximum absolute atomic E-state index is 12.2. The molecule has 6 heteroatoms. The van der Waals surface area contributed by atoms with Crippen molar-refractivity contribution in [2.75, 3.05) is 10.6 Å². The van der Waals surface area contributed by atoms with Crippen LogP contribution in [-0.2, 0) is 18.3 Å². The highest BCUT2D eigenvalue weighted by molar-refractivity contribution is 5.93. The number of carbonyl (C=O) groups is 2. The fourth-order valence-corrected chi connectivity index (χ4v) is 2.61. The number of aromatic nitrogens is 1. The molecule has 0 radical (unpaired) electrons. The summed E-state index contributed by atoms with van der Waals surface area (Å²) in [7, 11) is 2.02. The monoisotopic (exact) mass is 342 g/mol. The fourth-order valence-electron chi connectivity index (χ4n) is 2.61. The third-order valence-corrected chi connectivity index (χ3v) is 4.07. The molecule has 0 spiro atoms. The molecule has 0 aliphatic carbocycles. The number of nitrogens with one attached hydrogen (secondary N) is 3. The van der Waals surface area contributed by atoms with Crippen LogP contribution in [0.15, 0.2) is 36.5 Å². The highest BCUT2D eigenvalue weighted by atomic mass is 16.2. The van der Waals surface area contributed by atoms with E-state index < -0.39 is 0 Å². The van der Waals surface area contributed by atoms with Crippen molar-refractivity contribution in [1.29, 1.82) is 0 Å². The third-order valence-electron chi connectivity index (χ3n) is 4.07. The Morgan fingerprint density at radius 1 is 1.20 bits per heavy atom. The standard InChI is InChI=1S/C19H26N4O2/c1-13-7-9-16(12-18(13)21-15(3)24)22-19(25)20-14(2)8-10-17-6-5-11-23(17)4/h5-7,9,11-12,14H,8,10H2,1-4H3,(H,21,24)(H2,20,22,25)/t14-/m1/s1. The summed E-state index contributed by atoms with van der Waals surface area (Å²) in [6.45, 7) is 5.35. The molecule has 0 bridgehead atoms. The quantitative estimate of drug-likeness (QED) is 0.752. The highest BCUT2D eigenvalue weighted by Gasteiger charge is 2.10. The lowest BCUT2D eigenvalue weighted by atomic mass is 10.1. The fraction of sp³-hybridized carbons (Fsp3) is 0.368. The van der Waals surface area contributed by atoms with Crippen molar-refractivity contribution in [3.05, 3.63) is 47.8 Å². The van der Waals surface area contributed by atoms with E-state index in [2.05, 4.69) is 26.6 Å². The van der Waals surface area contributed by atoms with Crippen molar-refractivity contribution in [2.24, 2.45) is 7.05 Å². The van der Waals surface area contributed by atoms with Gasteiger partial charge in [0.2, 0.25) is 5.91 Å². The summed E-state index contributed by atoms with van der Waals surface area (Å²) in [4.78, 5) is 23.4. The number of urea groups is 1. The largest absolute Gasteiger partial charge is 0.354 e. The van der Waals surface area contributed by atoms with Gasteiger partial charge in [-0.3, -0.25) is 4.79 Å². The molecule has 3 amide bonds. The zero-order valence-electron chi connectivity index (χ0n) is 15.2. The number of hydrogen-bond donors (Lipinski definition) is 3. The smallest absolute Gasteiger partial charge is 0.319 e. The van der Waals surface area contributed by atoms with Crippen LogP contribution in [0.1, 0.15) is 31.5 Å². The molecule has 0 unspecified atom stereocenters. The first-order valence-electron chi connectivity index (χ1n) is 8.41. The SMILES string of the molecule is CC(=O)Nc1cc(NC(=O)N[C@H](C)CCc2cccn2C)ccc1C. The van der Waals surface area contributed by atoms with E-state index in [0.29, 0.717) is 11.4 Å². The zero-order valence-corrected chi connectivity index (χ0v) is 15.2. The van der Waals surface area contributed by atoms with E-state index in [4.69, 9.17) is 0 Å². The molecular formula is C19H26N4O2. The molecule has 1 atom stereocenters. The molecule has 3 N–H and O–H groups in total. The molecule has 1 aromatic heterocycles. The van der Waals surface area contributed by atoms with E-state index in [9.17, 15) is 9.59 Å².